The third-order valence-electron chi connectivity index (χ3n) is 3.73. The van der Waals surface area contributed by atoms with Gasteiger partial charge in [0, 0.05) is 25.2 Å². The van der Waals surface area contributed by atoms with E-state index in [9.17, 15) is 19.2 Å². The van der Waals surface area contributed by atoms with Crippen molar-refractivity contribution in [2.75, 3.05) is 19.7 Å². The summed E-state index contributed by atoms with van der Waals surface area (Å²) in [5.41, 5.74) is -1.13. The highest BCUT2D eigenvalue weighted by Crippen LogP contribution is 2.20. The zero-order chi connectivity index (χ0) is 19.0. The monoisotopic (exact) mass is 353 g/mol. The number of nitrogens with zero attached hydrogens (tertiary/aromatic N) is 1. The predicted molar refractivity (Wildman–Crippen MR) is 90.5 cm³/mol. The van der Waals surface area contributed by atoms with Gasteiger partial charge in [-0.25, -0.2) is 9.59 Å². The minimum Gasteiger partial charge on any atom is -0.461 e. The van der Waals surface area contributed by atoms with Crippen LogP contribution in [-0.2, 0) is 28.7 Å². The van der Waals surface area contributed by atoms with E-state index in [1.165, 1.54) is 0 Å². The molecule has 1 heterocycles. The third kappa shape index (κ3) is 7.07. The Balaban J connectivity index is 2.51. The number of esters is 2. The molecule has 7 nitrogen and oxygen atoms in total. The number of ether oxygens (including phenoxy) is 2. The van der Waals surface area contributed by atoms with Gasteiger partial charge in [0.15, 0.2) is 0 Å². The van der Waals surface area contributed by atoms with E-state index in [-0.39, 0.29) is 12.7 Å². The van der Waals surface area contributed by atoms with E-state index in [0.717, 1.165) is 31.4 Å². The molecule has 0 aromatic rings. The van der Waals surface area contributed by atoms with Crippen molar-refractivity contribution in [3.8, 4) is 0 Å². The summed E-state index contributed by atoms with van der Waals surface area (Å²) >= 11 is 0. The fourth-order valence-corrected chi connectivity index (χ4v) is 2.30. The molecular weight excluding hydrogens is 326 g/mol. The van der Waals surface area contributed by atoms with Crippen molar-refractivity contribution < 1.29 is 28.7 Å². The lowest BCUT2D eigenvalue weighted by atomic mass is 9.88. The summed E-state index contributed by atoms with van der Waals surface area (Å²) in [6.07, 6.45) is 4.47. The molecule has 0 N–H and O–H groups in total. The molecule has 140 valence electrons. The molecule has 0 radical (unpaired) electrons. The molecule has 25 heavy (non-hydrogen) atoms. The molecule has 0 spiro atoms. The van der Waals surface area contributed by atoms with Crippen molar-refractivity contribution in [2.24, 2.45) is 5.41 Å². The lowest BCUT2D eigenvalue weighted by Gasteiger charge is -2.29. The zero-order valence-corrected chi connectivity index (χ0v) is 15.4. The number of amides is 1. The first-order valence-electron chi connectivity index (χ1n) is 8.52. The second-order valence-corrected chi connectivity index (χ2v) is 6.99. The molecule has 1 aliphatic rings. The van der Waals surface area contributed by atoms with Gasteiger partial charge in [0.25, 0.3) is 5.91 Å². The van der Waals surface area contributed by atoms with E-state index < -0.39 is 29.0 Å². The standard InChI is InChI=1S/C18H27NO6/c1-13(2)25-15(21)9-8-14(20)24-12-18(3,4)16(22)17(23)19-10-6-5-7-11-19/h8-9,13H,5-7,10-12H2,1-4H3/b9-8+. The normalized spacial score (nSPS) is 15.3. The highest BCUT2D eigenvalue weighted by molar-refractivity contribution is 6.38. The number of rotatable bonds is 7. The van der Waals surface area contributed by atoms with E-state index in [0.29, 0.717) is 13.1 Å². The Labute approximate surface area is 148 Å². The third-order valence-corrected chi connectivity index (χ3v) is 3.73. The van der Waals surface area contributed by atoms with Crippen LogP contribution in [0.5, 0.6) is 0 Å². The summed E-state index contributed by atoms with van der Waals surface area (Å²) in [6.45, 7) is 7.42. The summed E-state index contributed by atoms with van der Waals surface area (Å²) < 4.78 is 9.84. The lowest BCUT2D eigenvalue weighted by Crippen LogP contribution is -2.46. The molecule has 1 amide bonds. The van der Waals surface area contributed by atoms with E-state index in [4.69, 9.17) is 9.47 Å². The number of piperidine rings is 1. The van der Waals surface area contributed by atoms with Crippen LogP contribution in [0.3, 0.4) is 0 Å². The maximum atomic E-state index is 12.4. The number of carbonyl (C=O) groups is 4. The highest BCUT2D eigenvalue weighted by atomic mass is 16.5. The minimum absolute atomic E-state index is 0.242. The molecule has 0 saturated carbocycles. The second kappa shape index (κ2) is 9.34. The van der Waals surface area contributed by atoms with Crippen molar-refractivity contribution >= 4 is 23.6 Å². The maximum Gasteiger partial charge on any atom is 0.331 e. The second-order valence-electron chi connectivity index (χ2n) is 6.99. The van der Waals surface area contributed by atoms with Gasteiger partial charge in [0.2, 0.25) is 5.78 Å². The Kier molecular flexibility index (Phi) is 7.80. The summed E-state index contributed by atoms with van der Waals surface area (Å²) in [7, 11) is 0. The Bertz CT molecular complexity index is 544. The van der Waals surface area contributed by atoms with Crippen molar-refractivity contribution in [2.45, 2.75) is 53.1 Å². The molecule has 0 aromatic heterocycles. The van der Waals surface area contributed by atoms with Crippen LogP contribution in [0.2, 0.25) is 0 Å². The van der Waals surface area contributed by atoms with Crippen LogP contribution >= 0.6 is 0 Å². The van der Waals surface area contributed by atoms with E-state index >= 15 is 0 Å². The van der Waals surface area contributed by atoms with Gasteiger partial charge in [-0.15, -0.1) is 0 Å². The first-order chi connectivity index (χ1) is 11.6. The number of hydrogen-bond acceptors (Lipinski definition) is 6. The summed E-state index contributed by atoms with van der Waals surface area (Å²) in [5, 5.41) is 0. The molecule has 0 unspecified atom stereocenters. The van der Waals surface area contributed by atoms with Gasteiger partial charge in [-0.05, 0) is 47.0 Å². The molecular formula is C18H27NO6. The van der Waals surface area contributed by atoms with Gasteiger partial charge >= 0.3 is 11.9 Å². The molecule has 0 bridgehead atoms. The fraction of sp³-hybridized carbons (Fsp3) is 0.667. The van der Waals surface area contributed by atoms with Crippen LogP contribution in [0.1, 0.15) is 47.0 Å². The van der Waals surface area contributed by atoms with E-state index in [2.05, 4.69) is 0 Å². The first-order valence-corrected chi connectivity index (χ1v) is 8.52. The Morgan fingerprint density at radius 1 is 1.00 bits per heavy atom. The molecule has 1 aliphatic heterocycles. The lowest BCUT2D eigenvalue weighted by molar-refractivity contribution is -0.154. The van der Waals surface area contributed by atoms with Crippen molar-refractivity contribution in [1.29, 1.82) is 0 Å². The van der Waals surface area contributed by atoms with Crippen LogP contribution in [0, 0.1) is 5.41 Å². The maximum absolute atomic E-state index is 12.4. The van der Waals surface area contributed by atoms with Gasteiger partial charge in [-0.2, -0.15) is 0 Å². The summed E-state index contributed by atoms with van der Waals surface area (Å²) in [4.78, 5) is 49.2. The van der Waals surface area contributed by atoms with E-state index in [1.807, 2.05) is 0 Å². The average molecular weight is 353 g/mol. The predicted octanol–water partition coefficient (Wildman–Crippen LogP) is 1.65. The highest BCUT2D eigenvalue weighted by Gasteiger charge is 2.37. The zero-order valence-electron chi connectivity index (χ0n) is 15.4. The van der Waals surface area contributed by atoms with Crippen LogP contribution in [-0.4, -0.2) is 54.3 Å². The molecule has 0 aromatic carbocycles. The number of likely N-dealkylation sites (tertiary alicyclic amines) is 1. The van der Waals surface area contributed by atoms with Crippen molar-refractivity contribution in [3.05, 3.63) is 12.2 Å². The Hall–Kier alpha value is -2.18. The molecule has 7 heteroatoms. The van der Waals surface area contributed by atoms with Gasteiger partial charge in [0.1, 0.15) is 6.61 Å². The Morgan fingerprint density at radius 2 is 1.56 bits per heavy atom. The fourth-order valence-electron chi connectivity index (χ4n) is 2.30. The minimum atomic E-state index is -1.13. The van der Waals surface area contributed by atoms with E-state index in [1.54, 1.807) is 32.6 Å². The SMILES string of the molecule is CC(C)OC(=O)/C=C/C(=O)OCC(C)(C)C(=O)C(=O)N1CCCCC1. The topological polar surface area (TPSA) is 90.0 Å². The van der Waals surface area contributed by atoms with Gasteiger partial charge in [-0.1, -0.05) is 0 Å². The largest absolute Gasteiger partial charge is 0.461 e. The first kappa shape index (κ1) is 20.9. The van der Waals surface area contributed by atoms with Gasteiger partial charge < -0.3 is 14.4 Å². The van der Waals surface area contributed by atoms with Crippen LogP contribution in [0.15, 0.2) is 12.2 Å². The molecule has 0 aliphatic carbocycles. The van der Waals surface area contributed by atoms with Gasteiger partial charge in [0.05, 0.1) is 11.5 Å². The van der Waals surface area contributed by atoms with Crippen LogP contribution in [0.4, 0.5) is 0 Å². The summed E-state index contributed by atoms with van der Waals surface area (Å²) in [5.74, 6) is -2.53. The number of carbonyl (C=O) groups excluding carboxylic acids is 4. The molecule has 1 saturated heterocycles. The molecule has 0 atom stereocenters. The average Bonchev–Trinajstić information content (AvgIpc) is 2.57. The Morgan fingerprint density at radius 3 is 2.12 bits per heavy atom. The number of ketones is 1. The smallest absolute Gasteiger partial charge is 0.331 e. The summed E-state index contributed by atoms with van der Waals surface area (Å²) in [6, 6.07) is 0. The number of Topliss-reactive ketones (excluding diaryl/α,β-unsaturated/α-hetero) is 1. The van der Waals surface area contributed by atoms with Crippen LogP contribution in [0.25, 0.3) is 0 Å². The van der Waals surface area contributed by atoms with Crippen molar-refractivity contribution in [1.82, 2.24) is 4.90 Å². The number of hydrogen-bond donors (Lipinski definition) is 0. The van der Waals surface area contributed by atoms with Crippen molar-refractivity contribution in [3.63, 3.8) is 0 Å². The van der Waals surface area contributed by atoms with Gasteiger partial charge in [-0.3, -0.25) is 9.59 Å². The quantitative estimate of drug-likeness (QED) is 0.393. The molecule has 1 rings (SSSR count). The van der Waals surface area contributed by atoms with Crippen LogP contribution < -0.4 is 0 Å². The molecule has 1 fully saturated rings.